The van der Waals surface area contributed by atoms with E-state index in [0.29, 0.717) is 13.1 Å². The first-order chi connectivity index (χ1) is 10.4. The van der Waals surface area contributed by atoms with Gasteiger partial charge in [-0.1, -0.05) is 6.07 Å². The number of carbonyl (C=O) groups excluding carboxylic acids is 1. The van der Waals surface area contributed by atoms with Crippen LogP contribution in [0.3, 0.4) is 0 Å². The number of nitrogens with zero attached hydrogens (tertiary/aromatic N) is 5. The van der Waals surface area contributed by atoms with Gasteiger partial charge >= 0.3 is 6.09 Å². The fourth-order valence-electron chi connectivity index (χ4n) is 2.54. The summed E-state index contributed by atoms with van der Waals surface area (Å²) in [5, 5.41) is 8.00. The lowest BCUT2D eigenvalue weighted by molar-refractivity contribution is 0.0240. The van der Waals surface area contributed by atoms with Gasteiger partial charge in [0.2, 0.25) is 0 Å². The first-order valence-corrected chi connectivity index (χ1v) is 7.46. The molecule has 0 N–H and O–H groups in total. The van der Waals surface area contributed by atoms with Gasteiger partial charge in [-0.2, -0.15) is 0 Å². The van der Waals surface area contributed by atoms with Crippen molar-refractivity contribution < 1.29 is 9.53 Å². The maximum atomic E-state index is 12.1. The predicted molar refractivity (Wildman–Crippen MR) is 83.0 cm³/mol. The molecule has 2 aromatic rings. The molecule has 1 fully saturated rings. The second-order valence-electron chi connectivity index (χ2n) is 6.40. The largest absolute Gasteiger partial charge is 0.444 e. The van der Waals surface area contributed by atoms with Crippen LogP contribution in [0.25, 0.3) is 5.65 Å². The van der Waals surface area contributed by atoms with E-state index < -0.39 is 5.60 Å². The van der Waals surface area contributed by atoms with Crippen molar-refractivity contribution in [3.05, 3.63) is 24.5 Å². The number of pyridine rings is 1. The molecular formula is C15H21N5O2. The maximum absolute atomic E-state index is 12.1. The molecule has 22 heavy (non-hydrogen) atoms. The first-order valence-electron chi connectivity index (χ1n) is 7.46. The Morgan fingerprint density at radius 1 is 1.18 bits per heavy atom. The van der Waals surface area contributed by atoms with Crippen LogP contribution in [0.2, 0.25) is 0 Å². The summed E-state index contributed by atoms with van der Waals surface area (Å²) in [6.07, 6.45) is 1.47. The van der Waals surface area contributed by atoms with Gasteiger partial charge in [0, 0.05) is 26.2 Å². The fraction of sp³-hybridized carbons (Fsp3) is 0.533. The summed E-state index contributed by atoms with van der Waals surface area (Å²) in [5.74, 6) is 1.05. The van der Waals surface area contributed by atoms with Crippen LogP contribution in [-0.2, 0) is 4.74 Å². The zero-order chi connectivity index (χ0) is 15.7. The van der Waals surface area contributed by atoms with Gasteiger partial charge in [0.1, 0.15) is 17.7 Å². The van der Waals surface area contributed by atoms with Gasteiger partial charge in [-0.25, -0.2) is 4.79 Å². The molecule has 0 spiro atoms. The van der Waals surface area contributed by atoms with Crippen LogP contribution in [0.4, 0.5) is 10.6 Å². The van der Waals surface area contributed by atoms with Crippen molar-refractivity contribution in [1.82, 2.24) is 19.5 Å². The van der Waals surface area contributed by atoms with Crippen LogP contribution in [0.15, 0.2) is 24.5 Å². The van der Waals surface area contributed by atoms with Gasteiger partial charge in [0.25, 0.3) is 0 Å². The van der Waals surface area contributed by atoms with E-state index in [-0.39, 0.29) is 6.09 Å². The summed E-state index contributed by atoms with van der Waals surface area (Å²) < 4.78 is 7.38. The Hall–Kier alpha value is -2.31. The molecular weight excluding hydrogens is 282 g/mol. The van der Waals surface area contributed by atoms with Crippen molar-refractivity contribution in [2.75, 3.05) is 31.1 Å². The normalized spacial score (nSPS) is 16.1. The number of fused-ring (bicyclic) bond motifs is 1. The van der Waals surface area contributed by atoms with Gasteiger partial charge < -0.3 is 14.5 Å². The second-order valence-corrected chi connectivity index (χ2v) is 6.40. The van der Waals surface area contributed by atoms with Crippen LogP contribution in [0.1, 0.15) is 20.8 Å². The van der Waals surface area contributed by atoms with Crippen molar-refractivity contribution >= 4 is 17.6 Å². The third-order valence-electron chi connectivity index (χ3n) is 3.57. The smallest absolute Gasteiger partial charge is 0.410 e. The van der Waals surface area contributed by atoms with E-state index in [4.69, 9.17) is 4.74 Å². The highest BCUT2D eigenvalue weighted by atomic mass is 16.6. The fourth-order valence-corrected chi connectivity index (χ4v) is 2.54. The van der Waals surface area contributed by atoms with E-state index in [1.165, 1.54) is 0 Å². The van der Waals surface area contributed by atoms with Crippen molar-refractivity contribution in [2.45, 2.75) is 26.4 Å². The summed E-state index contributed by atoms with van der Waals surface area (Å²) >= 11 is 0. The summed E-state index contributed by atoms with van der Waals surface area (Å²) in [6.45, 7) is 8.46. The number of hydrogen-bond acceptors (Lipinski definition) is 5. The van der Waals surface area contributed by atoms with Gasteiger partial charge in [0.05, 0.1) is 0 Å². The van der Waals surface area contributed by atoms with E-state index in [1.54, 1.807) is 11.2 Å². The highest BCUT2D eigenvalue weighted by Gasteiger charge is 2.26. The number of carbonyl (C=O) groups is 1. The number of aromatic nitrogens is 3. The molecule has 7 nitrogen and oxygen atoms in total. The van der Waals surface area contributed by atoms with Crippen LogP contribution in [0.5, 0.6) is 0 Å². The van der Waals surface area contributed by atoms with Crippen LogP contribution < -0.4 is 4.90 Å². The molecule has 7 heteroatoms. The Labute approximate surface area is 129 Å². The number of piperazine rings is 1. The Morgan fingerprint density at radius 3 is 2.59 bits per heavy atom. The summed E-state index contributed by atoms with van der Waals surface area (Å²) in [5.41, 5.74) is 0.370. The first kappa shape index (κ1) is 14.6. The molecule has 1 saturated heterocycles. The number of hydrogen-bond donors (Lipinski definition) is 0. The van der Waals surface area contributed by atoms with Gasteiger partial charge in [0.15, 0.2) is 5.65 Å². The Bertz CT molecular complexity index is 668. The molecule has 0 aliphatic carbocycles. The SMILES string of the molecule is CC(C)(C)OC(=O)N1CCN(c2cccc3nncn23)CC1. The quantitative estimate of drug-likeness (QED) is 0.803. The predicted octanol–water partition coefficient (Wildman–Crippen LogP) is 1.79. The molecule has 3 rings (SSSR count). The average Bonchev–Trinajstić information content (AvgIpc) is 2.94. The van der Waals surface area contributed by atoms with Crippen molar-refractivity contribution in [3.63, 3.8) is 0 Å². The Morgan fingerprint density at radius 2 is 1.91 bits per heavy atom. The van der Waals surface area contributed by atoms with Crippen molar-refractivity contribution in [1.29, 1.82) is 0 Å². The van der Waals surface area contributed by atoms with Gasteiger partial charge in [-0.15, -0.1) is 10.2 Å². The van der Waals surface area contributed by atoms with Gasteiger partial charge in [-0.05, 0) is 32.9 Å². The van der Waals surface area contributed by atoms with Crippen LogP contribution >= 0.6 is 0 Å². The lowest BCUT2D eigenvalue weighted by atomic mass is 10.2. The number of rotatable bonds is 1. The zero-order valence-electron chi connectivity index (χ0n) is 13.2. The minimum atomic E-state index is -0.456. The minimum Gasteiger partial charge on any atom is -0.444 e. The number of anilines is 1. The summed E-state index contributed by atoms with van der Waals surface area (Å²) in [6, 6.07) is 5.94. The highest BCUT2D eigenvalue weighted by molar-refractivity contribution is 5.68. The van der Waals surface area contributed by atoms with E-state index in [0.717, 1.165) is 24.6 Å². The average molecular weight is 303 g/mol. The molecule has 1 amide bonds. The lowest BCUT2D eigenvalue weighted by Crippen LogP contribution is -2.50. The third kappa shape index (κ3) is 2.98. The lowest BCUT2D eigenvalue weighted by Gasteiger charge is -2.36. The maximum Gasteiger partial charge on any atom is 0.410 e. The molecule has 1 aliphatic rings. The molecule has 0 radical (unpaired) electrons. The Kier molecular flexibility index (Phi) is 3.64. The molecule has 0 saturated carbocycles. The molecule has 2 aromatic heterocycles. The van der Waals surface area contributed by atoms with E-state index in [2.05, 4.69) is 15.1 Å². The zero-order valence-corrected chi connectivity index (χ0v) is 13.2. The van der Waals surface area contributed by atoms with Crippen molar-refractivity contribution in [2.24, 2.45) is 0 Å². The second kappa shape index (κ2) is 5.47. The molecule has 0 aromatic carbocycles. The monoisotopic (exact) mass is 303 g/mol. The van der Waals surface area contributed by atoms with Gasteiger partial charge in [-0.3, -0.25) is 4.40 Å². The molecule has 0 atom stereocenters. The highest BCUT2D eigenvalue weighted by Crippen LogP contribution is 2.18. The van der Waals surface area contributed by atoms with Crippen LogP contribution in [-0.4, -0.2) is 57.4 Å². The standard InChI is InChI=1S/C15H21N5O2/c1-15(2,3)22-14(21)19-9-7-18(8-10-19)13-6-4-5-12-17-16-11-20(12)13/h4-6,11H,7-10H2,1-3H3. The summed E-state index contributed by atoms with van der Waals surface area (Å²) in [7, 11) is 0. The van der Waals surface area contributed by atoms with E-state index >= 15 is 0 Å². The van der Waals surface area contributed by atoms with E-state index in [9.17, 15) is 4.79 Å². The molecule has 118 valence electrons. The van der Waals surface area contributed by atoms with Crippen LogP contribution in [0, 0.1) is 0 Å². The molecule has 3 heterocycles. The Balaban J connectivity index is 1.67. The third-order valence-corrected chi connectivity index (χ3v) is 3.57. The number of ether oxygens (including phenoxy) is 1. The van der Waals surface area contributed by atoms with E-state index in [1.807, 2.05) is 43.4 Å². The molecule has 0 bridgehead atoms. The topological polar surface area (TPSA) is 63.0 Å². The minimum absolute atomic E-state index is 0.241. The number of amides is 1. The molecule has 1 aliphatic heterocycles. The van der Waals surface area contributed by atoms with Crippen molar-refractivity contribution in [3.8, 4) is 0 Å². The summed E-state index contributed by atoms with van der Waals surface area (Å²) in [4.78, 5) is 16.1. The molecule has 0 unspecified atom stereocenters.